The molecule has 1 aromatic carbocycles. The van der Waals surface area contributed by atoms with Gasteiger partial charge >= 0.3 is 11.9 Å². The number of nitrogens with one attached hydrogen (secondary N) is 2. The average molecular weight is 511 g/mol. The van der Waals surface area contributed by atoms with Crippen LogP contribution in [0.3, 0.4) is 0 Å². The summed E-state index contributed by atoms with van der Waals surface area (Å²) >= 11 is 4.05. The number of nitrogens with zero attached hydrogens (tertiary/aromatic N) is 1. The first-order valence-corrected chi connectivity index (χ1v) is 11.7. The second-order valence-electron chi connectivity index (χ2n) is 8.24. The van der Waals surface area contributed by atoms with Gasteiger partial charge in [0, 0.05) is 18.7 Å². The maximum absolute atomic E-state index is 12.9. The highest BCUT2D eigenvalue weighted by atomic mass is 32.1. The van der Waals surface area contributed by atoms with Crippen LogP contribution < -0.4 is 16.4 Å². The number of benzene rings is 1. The van der Waals surface area contributed by atoms with Crippen molar-refractivity contribution in [1.29, 1.82) is 0 Å². The molecule has 4 atom stereocenters. The minimum atomic E-state index is -1.44. The predicted octanol–water partition coefficient (Wildman–Crippen LogP) is -0.898. The summed E-state index contributed by atoms with van der Waals surface area (Å²) in [5.74, 6) is -4.53. The van der Waals surface area contributed by atoms with Gasteiger partial charge < -0.3 is 36.6 Å². The largest absolute Gasteiger partial charge is 0.508 e. The zero-order valence-electron chi connectivity index (χ0n) is 18.9. The second-order valence-corrected chi connectivity index (χ2v) is 8.61. The lowest BCUT2D eigenvalue weighted by Crippen LogP contribution is -2.57. The highest BCUT2D eigenvalue weighted by Gasteiger charge is 2.37. The summed E-state index contributed by atoms with van der Waals surface area (Å²) in [5.41, 5.74) is 6.82. The van der Waals surface area contributed by atoms with Crippen molar-refractivity contribution in [3.8, 4) is 5.75 Å². The van der Waals surface area contributed by atoms with Crippen LogP contribution in [-0.4, -0.2) is 86.3 Å². The fourth-order valence-corrected chi connectivity index (χ4v) is 4.01. The topological polar surface area (TPSA) is 199 Å². The van der Waals surface area contributed by atoms with Crippen LogP contribution in [-0.2, 0) is 30.4 Å². The molecule has 1 aromatic rings. The van der Waals surface area contributed by atoms with Gasteiger partial charge in [-0.25, -0.2) is 4.79 Å². The van der Waals surface area contributed by atoms with E-state index in [0.717, 1.165) is 5.56 Å². The van der Waals surface area contributed by atoms with Crippen molar-refractivity contribution in [3.63, 3.8) is 0 Å². The molecule has 1 saturated heterocycles. The van der Waals surface area contributed by atoms with Crippen LogP contribution in [0.5, 0.6) is 5.75 Å². The van der Waals surface area contributed by atoms with Crippen LogP contribution in [0.4, 0.5) is 0 Å². The summed E-state index contributed by atoms with van der Waals surface area (Å²) in [6.45, 7) is 0.314. The lowest BCUT2D eigenvalue weighted by Gasteiger charge is -2.28. The first-order valence-electron chi connectivity index (χ1n) is 11.0. The molecule has 1 heterocycles. The Balaban J connectivity index is 1.99. The molecule has 13 heteroatoms. The first kappa shape index (κ1) is 27.9. The number of aliphatic carboxylic acids is 2. The van der Waals surface area contributed by atoms with Crippen LogP contribution in [0, 0.1) is 0 Å². The molecule has 1 aliphatic rings. The van der Waals surface area contributed by atoms with Gasteiger partial charge in [-0.1, -0.05) is 12.1 Å². The quantitative estimate of drug-likeness (QED) is 0.174. The predicted molar refractivity (Wildman–Crippen MR) is 127 cm³/mol. The Bertz CT molecular complexity index is 942. The number of carbonyl (C=O) groups excluding carboxylic acids is 3. The van der Waals surface area contributed by atoms with E-state index in [0.29, 0.717) is 19.4 Å². The van der Waals surface area contributed by atoms with E-state index in [1.165, 1.54) is 17.0 Å². The first-order chi connectivity index (χ1) is 16.5. The monoisotopic (exact) mass is 510 g/mol. The molecule has 12 nitrogen and oxygen atoms in total. The molecule has 2 rings (SSSR count). The highest BCUT2D eigenvalue weighted by Crippen LogP contribution is 2.20. The van der Waals surface area contributed by atoms with Gasteiger partial charge in [0.1, 0.15) is 23.9 Å². The molecule has 0 aromatic heterocycles. The van der Waals surface area contributed by atoms with E-state index < -0.39 is 60.2 Å². The maximum Gasteiger partial charge on any atom is 0.326 e. The van der Waals surface area contributed by atoms with E-state index in [4.69, 9.17) is 10.8 Å². The van der Waals surface area contributed by atoms with Gasteiger partial charge in [-0.2, -0.15) is 12.6 Å². The Hall–Kier alpha value is -3.32. The summed E-state index contributed by atoms with van der Waals surface area (Å²) in [4.78, 5) is 61.8. The van der Waals surface area contributed by atoms with Gasteiger partial charge in [-0.05, 0) is 43.4 Å². The number of hydrogen-bond donors (Lipinski definition) is 7. The molecule has 1 fully saturated rings. The van der Waals surface area contributed by atoms with Crippen molar-refractivity contribution >= 4 is 42.3 Å². The van der Waals surface area contributed by atoms with Gasteiger partial charge in [0.05, 0.1) is 6.04 Å². The van der Waals surface area contributed by atoms with Crippen molar-refractivity contribution in [1.82, 2.24) is 15.5 Å². The number of amides is 3. The summed E-state index contributed by atoms with van der Waals surface area (Å²) in [6.07, 6.45) is 0.343. The number of aromatic hydroxyl groups is 1. The molecular weight excluding hydrogens is 480 g/mol. The van der Waals surface area contributed by atoms with E-state index in [2.05, 4.69) is 23.3 Å². The Morgan fingerprint density at radius 2 is 1.74 bits per heavy atom. The van der Waals surface area contributed by atoms with Gasteiger partial charge in [0.25, 0.3) is 0 Å². The van der Waals surface area contributed by atoms with Gasteiger partial charge in [-0.15, -0.1) is 0 Å². The smallest absolute Gasteiger partial charge is 0.326 e. The van der Waals surface area contributed by atoms with Crippen LogP contribution in [0.15, 0.2) is 24.3 Å². The number of carboxylic acid groups (broad SMARTS) is 2. The van der Waals surface area contributed by atoms with Crippen molar-refractivity contribution in [3.05, 3.63) is 29.8 Å². The maximum atomic E-state index is 12.9. The molecule has 3 amide bonds. The number of phenols is 1. The molecule has 0 aliphatic carbocycles. The number of thiol groups is 1. The summed E-state index contributed by atoms with van der Waals surface area (Å²) in [6, 6.07) is 1.85. The lowest BCUT2D eigenvalue weighted by atomic mass is 10.0. The van der Waals surface area contributed by atoms with Crippen LogP contribution in [0.25, 0.3) is 0 Å². The number of rotatable bonds is 12. The molecule has 0 saturated carbocycles. The highest BCUT2D eigenvalue weighted by molar-refractivity contribution is 7.80. The molecule has 35 heavy (non-hydrogen) atoms. The molecule has 0 radical (unpaired) electrons. The lowest BCUT2D eigenvalue weighted by molar-refractivity contribution is -0.143. The van der Waals surface area contributed by atoms with Crippen molar-refractivity contribution < 1.29 is 39.3 Å². The number of likely N-dealkylation sites (tertiary alicyclic amines) is 1. The third kappa shape index (κ3) is 8.14. The van der Waals surface area contributed by atoms with E-state index >= 15 is 0 Å². The van der Waals surface area contributed by atoms with E-state index in [1.807, 2.05) is 0 Å². The minimum Gasteiger partial charge on any atom is -0.508 e. The Labute approximate surface area is 207 Å². The van der Waals surface area contributed by atoms with Gasteiger partial charge in [0.15, 0.2) is 0 Å². The summed E-state index contributed by atoms with van der Waals surface area (Å²) < 4.78 is 0. The van der Waals surface area contributed by atoms with Crippen molar-refractivity contribution in [2.75, 3.05) is 12.3 Å². The van der Waals surface area contributed by atoms with E-state index in [9.17, 15) is 34.2 Å². The zero-order valence-corrected chi connectivity index (χ0v) is 19.8. The van der Waals surface area contributed by atoms with Crippen molar-refractivity contribution in [2.24, 2.45) is 5.73 Å². The molecule has 4 unspecified atom stereocenters. The molecular formula is C22H30N4O8S. The number of carbonyl (C=O) groups is 5. The number of phenolic OH excluding ortho intramolecular Hbond substituents is 1. The van der Waals surface area contributed by atoms with Crippen LogP contribution in [0.2, 0.25) is 0 Å². The fraction of sp³-hybridized carbons (Fsp3) is 0.500. The average Bonchev–Trinajstić information content (AvgIpc) is 3.30. The zero-order chi connectivity index (χ0) is 26.1. The Morgan fingerprint density at radius 3 is 2.31 bits per heavy atom. The standard InChI is InChI=1S/C22H30N4O8S/c23-14(10-12-3-5-13(27)6-4-12)21(32)26-9-1-2-17(26)20(31)25-16(11-35)19(30)24-15(22(33)34)7-8-18(28)29/h3-6,14-17,27,35H,1-2,7-11,23H2,(H,24,30)(H,25,31)(H,28,29)(H,33,34). The van der Waals surface area contributed by atoms with Gasteiger partial charge in [0.2, 0.25) is 17.7 Å². The molecule has 192 valence electrons. The van der Waals surface area contributed by atoms with Crippen LogP contribution >= 0.6 is 12.6 Å². The number of carboxylic acids is 2. The molecule has 0 spiro atoms. The molecule has 0 bridgehead atoms. The third-order valence-electron chi connectivity index (χ3n) is 5.62. The van der Waals surface area contributed by atoms with Crippen LogP contribution in [0.1, 0.15) is 31.2 Å². The van der Waals surface area contributed by atoms with Gasteiger partial charge in [-0.3, -0.25) is 19.2 Å². The Morgan fingerprint density at radius 1 is 1.09 bits per heavy atom. The van der Waals surface area contributed by atoms with E-state index in [1.54, 1.807) is 12.1 Å². The van der Waals surface area contributed by atoms with E-state index in [-0.39, 0.29) is 24.3 Å². The summed E-state index contributed by atoms with van der Waals surface area (Å²) in [5, 5.41) is 32.1. The fourth-order valence-electron chi connectivity index (χ4n) is 3.75. The molecule has 1 aliphatic heterocycles. The number of hydrogen-bond acceptors (Lipinski definition) is 8. The SMILES string of the molecule is NC(Cc1ccc(O)cc1)C(=O)N1CCCC1C(=O)NC(CS)C(=O)NC(CCC(=O)O)C(=O)O. The minimum absolute atomic E-state index is 0.0873. The second kappa shape index (κ2) is 13.0. The third-order valence-corrected chi connectivity index (χ3v) is 5.99. The Kier molecular flexibility index (Phi) is 10.3. The molecule has 7 N–H and O–H groups in total. The normalized spacial score (nSPS) is 17.8. The number of nitrogens with two attached hydrogens (primary N) is 1. The van der Waals surface area contributed by atoms with Crippen molar-refractivity contribution in [2.45, 2.75) is 56.3 Å². The summed E-state index contributed by atoms with van der Waals surface area (Å²) in [7, 11) is 0.